The minimum atomic E-state index is -0.110. The second-order valence-corrected chi connectivity index (χ2v) is 8.87. The molecule has 0 aliphatic heterocycles. The molecule has 0 N–H and O–H groups in total. The first-order valence-corrected chi connectivity index (χ1v) is 10.8. The molecule has 30 heavy (non-hydrogen) atoms. The number of hydrogen-bond donors (Lipinski definition) is 0. The molecule has 0 aliphatic carbocycles. The normalized spacial score (nSPS) is 11.4. The van der Waals surface area contributed by atoms with Gasteiger partial charge in [0.25, 0.3) is 5.91 Å². The fourth-order valence-electron chi connectivity index (χ4n) is 3.59. The number of aryl methyl sites for hydroxylation is 3. The van der Waals surface area contributed by atoms with Crippen molar-refractivity contribution in [1.82, 2.24) is 19.7 Å². The first-order chi connectivity index (χ1) is 14.3. The van der Waals surface area contributed by atoms with E-state index in [1.165, 1.54) is 5.56 Å². The van der Waals surface area contributed by atoms with E-state index in [1.54, 1.807) is 33.3 Å². The van der Waals surface area contributed by atoms with Crippen LogP contribution < -0.4 is 4.90 Å². The quantitative estimate of drug-likeness (QED) is 0.444. The molecule has 0 spiro atoms. The summed E-state index contributed by atoms with van der Waals surface area (Å²) in [6, 6.07) is 10.00. The van der Waals surface area contributed by atoms with Crippen LogP contribution in [0.2, 0.25) is 0 Å². The van der Waals surface area contributed by atoms with Crippen molar-refractivity contribution in [2.45, 2.75) is 47.2 Å². The van der Waals surface area contributed by atoms with Crippen molar-refractivity contribution in [1.29, 1.82) is 0 Å². The van der Waals surface area contributed by atoms with Gasteiger partial charge in [-0.15, -0.1) is 0 Å². The first-order valence-electron chi connectivity index (χ1n) is 9.98. The Labute approximate surface area is 180 Å². The molecule has 0 fully saturated rings. The lowest BCUT2D eigenvalue weighted by Crippen LogP contribution is -2.32. The van der Waals surface area contributed by atoms with Crippen LogP contribution in [0.3, 0.4) is 0 Å². The zero-order chi connectivity index (χ0) is 21.4. The maximum absolute atomic E-state index is 13.7. The van der Waals surface area contributed by atoms with Gasteiger partial charge in [0.2, 0.25) is 0 Å². The molecule has 0 saturated heterocycles. The van der Waals surface area contributed by atoms with Gasteiger partial charge in [-0.3, -0.25) is 19.4 Å². The topological polar surface area (TPSA) is 63.9 Å². The highest BCUT2D eigenvalue weighted by molar-refractivity contribution is 7.22. The van der Waals surface area contributed by atoms with Gasteiger partial charge in [0.1, 0.15) is 5.69 Å². The van der Waals surface area contributed by atoms with E-state index in [0.717, 1.165) is 27.0 Å². The molecule has 1 aromatic carbocycles. The Morgan fingerprint density at radius 3 is 2.70 bits per heavy atom. The summed E-state index contributed by atoms with van der Waals surface area (Å²) in [5, 5.41) is 5.20. The Balaban J connectivity index is 1.83. The van der Waals surface area contributed by atoms with Crippen molar-refractivity contribution in [3.63, 3.8) is 0 Å². The zero-order valence-corrected chi connectivity index (χ0v) is 18.7. The third-order valence-electron chi connectivity index (χ3n) is 4.91. The highest BCUT2D eigenvalue weighted by Crippen LogP contribution is 2.33. The Hall–Kier alpha value is -3.06. The van der Waals surface area contributed by atoms with Crippen molar-refractivity contribution in [3.05, 3.63) is 70.8 Å². The molecule has 0 unspecified atom stereocenters. The van der Waals surface area contributed by atoms with Gasteiger partial charge in [0.05, 0.1) is 22.5 Å². The van der Waals surface area contributed by atoms with Crippen LogP contribution in [0.5, 0.6) is 0 Å². The highest BCUT2D eigenvalue weighted by atomic mass is 32.1. The number of thiazole rings is 1. The second kappa shape index (κ2) is 7.99. The smallest absolute Gasteiger partial charge is 0.278 e. The predicted octanol–water partition coefficient (Wildman–Crippen LogP) is 5.24. The summed E-state index contributed by atoms with van der Waals surface area (Å²) >= 11 is 1.55. The highest BCUT2D eigenvalue weighted by Gasteiger charge is 2.26. The molecule has 7 heteroatoms. The number of pyridine rings is 1. The average molecular weight is 420 g/mol. The average Bonchev–Trinajstić information content (AvgIpc) is 3.30. The van der Waals surface area contributed by atoms with E-state index in [2.05, 4.69) is 36.1 Å². The number of nitrogens with zero attached hydrogens (tertiary/aromatic N) is 5. The molecular formula is C23H25N5OS. The maximum Gasteiger partial charge on any atom is 0.278 e. The van der Waals surface area contributed by atoms with Crippen molar-refractivity contribution in [2.24, 2.45) is 0 Å². The monoisotopic (exact) mass is 419 g/mol. The summed E-state index contributed by atoms with van der Waals surface area (Å²) in [7, 11) is 0. The third-order valence-corrected chi connectivity index (χ3v) is 6.14. The summed E-state index contributed by atoms with van der Waals surface area (Å²) in [4.78, 5) is 24.5. The first kappa shape index (κ1) is 20.2. The Kier molecular flexibility index (Phi) is 5.39. The number of hydrogen-bond acceptors (Lipinski definition) is 5. The molecule has 0 aliphatic rings. The Morgan fingerprint density at radius 2 is 2.00 bits per heavy atom. The number of aromatic nitrogens is 4. The van der Waals surface area contributed by atoms with Gasteiger partial charge < -0.3 is 0 Å². The number of carbonyl (C=O) groups excluding carboxylic acids is 1. The van der Waals surface area contributed by atoms with Crippen molar-refractivity contribution < 1.29 is 4.79 Å². The number of amides is 1. The Morgan fingerprint density at radius 1 is 1.20 bits per heavy atom. The fraction of sp³-hybridized carbons (Fsp3) is 0.304. The lowest BCUT2D eigenvalue weighted by molar-refractivity contribution is 0.0973. The zero-order valence-electron chi connectivity index (χ0n) is 17.9. The molecule has 154 valence electrons. The molecular weight excluding hydrogens is 394 g/mol. The van der Waals surface area contributed by atoms with Crippen LogP contribution in [0.1, 0.15) is 52.8 Å². The van der Waals surface area contributed by atoms with Gasteiger partial charge in [-0.25, -0.2) is 4.98 Å². The maximum atomic E-state index is 13.7. The van der Waals surface area contributed by atoms with E-state index in [-0.39, 0.29) is 11.9 Å². The fourth-order valence-corrected chi connectivity index (χ4v) is 4.60. The molecule has 4 rings (SSSR count). The predicted molar refractivity (Wildman–Crippen MR) is 121 cm³/mol. The number of rotatable bonds is 5. The molecule has 4 aromatic rings. The summed E-state index contributed by atoms with van der Waals surface area (Å²) in [6.07, 6.45) is 3.52. The van der Waals surface area contributed by atoms with Crippen molar-refractivity contribution >= 4 is 32.6 Å². The number of benzene rings is 1. The van der Waals surface area contributed by atoms with E-state index < -0.39 is 0 Å². The molecule has 0 saturated carbocycles. The standard InChI is InChI=1S/C23H25N5OS/c1-14(2)28-20(11-17(5)26-28)22(29)27(13-18-7-6-8-24-12-18)23-25-19-10-15(3)9-16(4)21(19)30-23/h6-12,14H,13H2,1-5H3. The summed E-state index contributed by atoms with van der Waals surface area (Å²) in [6.45, 7) is 10.5. The number of carbonyl (C=O) groups is 1. The molecule has 0 atom stereocenters. The molecule has 1 amide bonds. The van der Waals surface area contributed by atoms with Crippen LogP contribution in [-0.2, 0) is 6.54 Å². The van der Waals surface area contributed by atoms with E-state index in [0.29, 0.717) is 17.4 Å². The number of fused-ring (bicyclic) bond motifs is 1. The van der Waals surface area contributed by atoms with E-state index in [4.69, 9.17) is 4.98 Å². The lowest BCUT2D eigenvalue weighted by atomic mass is 10.1. The molecule has 0 bridgehead atoms. The van der Waals surface area contributed by atoms with Gasteiger partial charge in [0, 0.05) is 18.4 Å². The molecule has 3 heterocycles. The van der Waals surface area contributed by atoms with Crippen LogP contribution in [0.4, 0.5) is 5.13 Å². The van der Waals surface area contributed by atoms with Crippen molar-refractivity contribution in [3.8, 4) is 0 Å². The van der Waals surface area contributed by atoms with Crippen LogP contribution in [0.15, 0.2) is 42.7 Å². The van der Waals surface area contributed by atoms with Gasteiger partial charge in [-0.05, 0) is 69.5 Å². The lowest BCUT2D eigenvalue weighted by Gasteiger charge is -2.21. The molecule has 6 nitrogen and oxygen atoms in total. The van der Waals surface area contributed by atoms with E-state index in [9.17, 15) is 4.79 Å². The minimum absolute atomic E-state index is 0.0816. The van der Waals surface area contributed by atoms with Crippen LogP contribution in [0, 0.1) is 20.8 Å². The largest absolute Gasteiger partial charge is 0.278 e. The second-order valence-electron chi connectivity index (χ2n) is 7.89. The Bertz CT molecular complexity index is 1210. The summed E-state index contributed by atoms with van der Waals surface area (Å²) in [5.74, 6) is -0.110. The SMILES string of the molecule is Cc1cc(C)c2sc(N(Cc3cccnc3)C(=O)c3cc(C)nn3C(C)C)nc2c1. The third kappa shape index (κ3) is 3.85. The van der Waals surface area contributed by atoms with Crippen LogP contribution in [0.25, 0.3) is 10.2 Å². The van der Waals surface area contributed by atoms with E-state index in [1.807, 2.05) is 39.0 Å². The van der Waals surface area contributed by atoms with Gasteiger partial charge >= 0.3 is 0 Å². The van der Waals surface area contributed by atoms with Crippen LogP contribution >= 0.6 is 11.3 Å². The summed E-state index contributed by atoms with van der Waals surface area (Å²) < 4.78 is 2.89. The van der Waals surface area contributed by atoms with Gasteiger partial charge in [-0.1, -0.05) is 23.5 Å². The van der Waals surface area contributed by atoms with E-state index >= 15 is 0 Å². The van der Waals surface area contributed by atoms with Gasteiger partial charge in [-0.2, -0.15) is 5.10 Å². The van der Waals surface area contributed by atoms with Crippen LogP contribution in [-0.4, -0.2) is 25.7 Å². The number of anilines is 1. The molecule has 0 radical (unpaired) electrons. The van der Waals surface area contributed by atoms with Crippen molar-refractivity contribution in [2.75, 3.05) is 4.90 Å². The van der Waals surface area contributed by atoms with Gasteiger partial charge in [0.15, 0.2) is 5.13 Å². The summed E-state index contributed by atoms with van der Waals surface area (Å²) in [5.41, 5.74) is 5.60. The minimum Gasteiger partial charge on any atom is -0.278 e. The molecule has 3 aromatic heterocycles.